The van der Waals surface area contributed by atoms with Crippen LogP contribution in [0.5, 0.6) is 0 Å². The highest BCUT2D eigenvalue weighted by Crippen LogP contribution is 2.39. The average molecular weight is 339 g/mol. The molecule has 0 amide bonds. The van der Waals surface area contributed by atoms with E-state index in [1.807, 2.05) is 18.2 Å². The van der Waals surface area contributed by atoms with Gasteiger partial charge in [-0.25, -0.2) is 0 Å². The molecule has 2 nitrogen and oxygen atoms in total. The number of thioether (sulfide) groups is 1. The molecule has 0 N–H and O–H groups in total. The van der Waals surface area contributed by atoms with Crippen LogP contribution in [0.4, 0.5) is 0 Å². The molecule has 0 spiro atoms. The van der Waals surface area contributed by atoms with Gasteiger partial charge in [-0.1, -0.05) is 36.9 Å². The lowest BCUT2D eigenvalue weighted by atomic mass is 10.0. The van der Waals surface area contributed by atoms with Gasteiger partial charge in [0.2, 0.25) is 5.78 Å². The number of benzene rings is 1. The maximum absolute atomic E-state index is 13.3. The summed E-state index contributed by atoms with van der Waals surface area (Å²) in [4.78, 5) is 14.1. The summed E-state index contributed by atoms with van der Waals surface area (Å²) in [6, 6.07) is 10.4. The van der Waals surface area contributed by atoms with Crippen LogP contribution in [0.25, 0.3) is 17.0 Å². The van der Waals surface area contributed by atoms with Gasteiger partial charge >= 0.3 is 0 Å². The Balaban J connectivity index is 1.93. The van der Waals surface area contributed by atoms with Gasteiger partial charge < -0.3 is 4.57 Å². The van der Waals surface area contributed by atoms with Crippen LogP contribution in [0, 0.1) is 6.92 Å². The minimum atomic E-state index is 0.159. The number of hydrogen-bond acceptors (Lipinski definition) is 3. The lowest BCUT2D eigenvalue weighted by molar-refractivity contribution is 0.104. The van der Waals surface area contributed by atoms with Crippen molar-refractivity contribution in [3.05, 3.63) is 57.4 Å². The predicted octanol–water partition coefficient (Wildman–Crippen LogP) is 5.73. The second-order valence-electron chi connectivity index (χ2n) is 5.73. The third-order valence-electron chi connectivity index (χ3n) is 4.28. The fourth-order valence-corrected chi connectivity index (χ4v) is 5.24. The Morgan fingerprint density at radius 3 is 2.87 bits per heavy atom. The van der Waals surface area contributed by atoms with Crippen molar-refractivity contribution in [3.63, 3.8) is 0 Å². The zero-order valence-corrected chi connectivity index (χ0v) is 14.8. The number of para-hydroxylation sites is 1. The number of nitrogens with zero attached hydrogens (tertiary/aromatic N) is 1. The van der Waals surface area contributed by atoms with E-state index >= 15 is 0 Å². The highest BCUT2D eigenvalue weighted by molar-refractivity contribution is 8.04. The molecule has 4 rings (SSSR count). The minimum absolute atomic E-state index is 0.159. The Labute approximate surface area is 143 Å². The first-order valence-electron chi connectivity index (χ1n) is 7.80. The van der Waals surface area contributed by atoms with Gasteiger partial charge in [0.05, 0.1) is 14.6 Å². The van der Waals surface area contributed by atoms with E-state index in [-0.39, 0.29) is 5.78 Å². The summed E-state index contributed by atoms with van der Waals surface area (Å²) in [7, 11) is 0. The molecule has 0 saturated heterocycles. The molecule has 1 aliphatic heterocycles. The summed E-state index contributed by atoms with van der Waals surface area (Å²) >= 11 is 3.29. The lowest BCUT2D eigenvalue weighted by Gasteiger charge is -2.06. The molecule has 0 atom stereocenters. The van der Waals surface area contributed by atoms with Gasteiger partial charge in [-0.3, -0.25) is 4.79 Å². The van der Waals surface area contributed by atoms with E-state index in [1.54, 1.807) is 23.1 Å². The lowest BCUT2D eigenvalue weighted by Crippen LogP contribution is -2.05. The fourth-order valence-electron chi connectivity index (χ4n) is 3.26. The molecule has 23 heavy (non-hydrogen) atoms. The summed E-state index contributed by atoms with van der Waals surface area (Å²) in [5.74, 6) is 0.159. The maximum Gasteiger partial charge on any atom is 0.206 e. The molecule has 0 fully saturated rings. The van der Waals surface area contributed by atoms with E-state index in [4.69, 9.17) is 0 Å². The highest BCUT2D eigenvalue weighted by atomic mass is 32.2. The largest absolute Gasteiger partial charge is 0.344 e. The van der Waals surface area contributed by atoms with Crippen LogP contribution >= 0.6 is 23.1 Å². The summed E-state index contributed by atoms with van der Waals surface area (Å²) in [5, 5.41) is 3.13. The zero-order valence-electron chi connectivity index (χ0n) is 13.1. The van der Waals surface area contributed by atoms with Crippen LogP contribution in [-0.2, 0) is 6.54 Å². The van der Waals surface area contributed by atoms with Crippen molar-refractivity contribution in [2.24, 2.45) is 0 Å². The zero-order chi connectivity index (χ0) is 16.0. The number of fused-ring (bicyclic) bond motifs is 3. The molecule has 1 aliphatic rings. The molecule has 2 aromatic heterocycles. The third-order valence-corrected chi connectivity index (χ3v) is 6.39. The Hall–Kier alpha value is -1.78. The number of aromatic nitrogens is 1. The Morgan fingerprint density at radius 2 is 2.09 bits per heavy atom. The summed E-state index contributed by atoms with van der Waals surface area (Å²) in [6.07, 6.45) is 3.10. The monoisotopic (exact) mass is 339 g/mol. The number of hydrogen-bond donors (Lipinski definition) is 0. The molecule has 0 radical (unpaired) electrons. The van der Waals surface area contributed by atoms with Gasteiger partial charge in [0.25, 0.3) is 0 Å². The summed E-state index contributed by atoms with van der Waals surface area (Å²) < 4.78 is 3.47. The van der Waals surface area contributed by atoms with Gasteiger partial charge in [0, 0.05) is 23.1 Å². The van der Waals surface area contributed by atoms with Crippen LogP contribution in [0.1, 0.15) is 39.8 Å². The van der Waals surface area contributed by atoms with Crippen LogP contribution in [0.3, 0.4) is 0 Å². The number of aryl methyl sites for hydroxylation is 1. The Bertz CT molecular complexity index is 946. The van der Waals surface area contributed by atoms with Crippen LogP contribution in [0.15, 0.2) is 39.9 Å². The van der Waals surface area contributed by atoms with Crippen molar-refractivity contribution in [2.75, 3.05) is 0 Å². The quantitative estimate of drug-likeness (QED) is 0.566. The molecule has 116 valence electrons. The van der Waals surface area contributed by atoms with E-state index < -0.39 is 0 Å². The van der Waals surface area contributed by atoms with Crippen molar-refractivity contribution in [1.82, 2.24) is 4.57 Å². The van der Waals surface area contributed by atoms with Gasteiger partial charge in [-0.05, 0) is 42.5 Å². The molecule has 0 saturated carbocycles. The van der Waals surface area contributed by atoms with Crippen molar-refractivity contribution < 1.29 is 4.79 Å². The molecular formula is C19H17NOS2. The van der Waals surface area contributed by atoms with Crippen LogP contribution in [0.2, 0.25) is 0 Å². The number of rotatable bonds is 4. The molecule has 0 unspecified atom stereocenters. The summed E-state index contributed by atoms with van der Waals surface area (Å²) in [6.45, 7) is 5.18. The van der Waals surface area contributed by atoms with Gasteiger partial charge in [-0.2, -0.15) is 0 Å². The first kappa shape index (κ1) is 14.8. The number of thiophene rings is 1. The number of ketones is 1. The van der Waals surface area contributed by atoms with Gasteiger partial charge in [0.1, 0.15) is 0 Å². The average Bonchev–Trinajstić information content (AvgIpc) is 3.01. The van der Waals surface area contributed by atoms with E-state index in [0.717, 1.165) is 45.6 Å². The minimum Gasteiger partial charge on any atom is -0.344 e. The molecule has 4 heteroatoms. The second-order valence-corrected chi connectivity index (χ2v) is 7.99. The number of carbonyl (C=O) groups excluding carboxylic acids is 1. The predicted molar refractivity (Wildman–Crippen MR) is 99.6 cm³/mol. The second kappa shape index (κ2) is 5.69. The SMILES string of the molecule is CCCn1c(C)c(C(=O)c2sc3cc2C=CS3)c2ccccc21. The fraction of sp³-hybridized carbons (Fsp3) is 0.211. The Morgan fingerprint density at radius 1 is 1.26 bits per heavy atom. The molecule has 1 aromatic carbocycles. The van der Waals surface area contributed by atoms with Crippen molar-refractivity contribution in [3.8, 4) is 0 Å². The highest BCUT2D eigenvalue weighted by Gasteiger charge is 2.24. The first-order valence-corrected chi connectivity index (χ1v) is 9.50. The van der Waals surface area contributed by atoms with Crippen molar-refractivity contribution >= 4 is 45.9 Å². The molecule has 3 heterocycles. The maximum atomic E-state index is 13.3. The standard InChI is InChI=1S/C19H17NOS2/c1-3-9-20-12(2)17(14-6-4-5-7-15(14)20)18(21)19-13-8-10-22-16(11-13)23-19/h4-8,10-11H,3,9H2,1-2H3. The van der Waals surface area contributed by atoms with Crippen molar-refractivity contribution in [2.45, 2.75) is 31.0 Å². The third kappa shape index (κ3) is 2.28. The van der Waals surface area contributed by atoms with Crippen LogP contribution < -0.4 is 0 Å². The van der Waals surface area contributed by atoms with Gasteiger partial charge in [-0.15, -0.1) is 11.3 Å². The summed E-state index contributed by atoms with van der Waals surface area (Å²) in [5.41, 5.74) is 4.16. The molecule has 0 aliphatic carbocycles. The Kier molecular flexibility index (Phi) is 3.66. The first-order chi connectivity index (χ1) is 11.2. The smallest absolute Gasteiger partial charge is 0.206 e. The molecule has 3 aromatic rings. The van der Waals surface area contributed by atoms with Gasteiger partial charge in [0.15, 0.2) is 0 Å². The van der Waals surface area contributed by atoms with Crippen molar-refractivity contribution in [1.29, 1.82) is 0 Å². The van der Waals surface area contributed by atoms with Crippen LogP contribution in [-0.4, -0.2) is 10.4 Å². The van der Waals surface area contributed by atoms with E-state index in [1.165, 1.54) is 4.21 Å². The molecular weight excluding hydrogens is 322 g/mol. The topological polar surface area (TPSA) is 22.0 Å². The number of carbonyl (C=O) groups is 1. The molecule has 2 bridgehead atoms. The normalized spacial score (nSPS) is 13.0. The van der Waals surface area contributed by atoms with E-state index in [9.17, 15) is 4.79 Å². The van der Waals surface area contributed by atoms with E-state index in [2.05, 4.69) is 42.0 Å². The van der Waals surface area contributed by atoms with E-state index in [0.29, 0.717) is 0 Å².